The zero-order valence-electron chi connectivity index (χ0n) is 17.4. The van der Waals surface area contributed by atoms with E-state index in [9.17, 15) is 9.59 Å². The Bertz CT molecular complexity index is 916. The molecule has 2 saturated heterocycles. The molecule has 0 spiro atoms. The van der Waals surface area contributed by atoms with Crippen LogP contribution in [0.5, 0.6) is 0 Å². The summed E-state index contributed by atoms with van der Waals surface area (Å²) >= 11 is 0. The van der Waals surface area contributed by atoms with E-state index in [0.717, 1.165) is 56.6 Å². The van der Waals surface area contributed by atoms with Crippen molar-refractivity contribution in [1.29, 1.82) is 0 Å². The van der Waals surface area contributed by atoms with Crippen molar-refractivity contribution in [2.75, 3.05) is 36.5 Å². The number of nitrogens with one attached hydrogen (secondary N) is 2. The van der Waals surface area contributed by atoms with Gasteiger partial charge < -0.3 is 20.3 Å². The smallest absolute Gasteiger partial charge is 0.255 e. The normalized spacial score (nSPS) is 18.4. The van der Waals surface area contributed by atoms with E-state index in [0.29, 0.717) is 23.4 Å². The molecule has 2 N–H and O–H groups in total. The Morgan fingerprint density at radius 1 is 1.03 bits per heavy atom. The van der Waals surface area contributed by atoms with Crippen LogP contribution < -0.4 is 15.5 Å². The molecule has 1 atom stereocenters. The molecule has 2 aromatic carbocycles. The molecular formula is C24H29N3O3. The van der Waals surface area contributed by atoms with Crippen LogP contribution in [0.15, 0.2) is 42.5 Å². The molecule has 2 aliphatic heterocycles. The predicted octanol–water partition coefficient (Wildman–Crippen LogP) is 3.76. The topological polar surface area (TPSA) is 70.7 Å². The van der Waals surface area contributed by atoms with Crippen molar-refractivity contribution in [2.24, 2.45) is 0 Å². The monoisotopic (exact) mass is 407 g/mol. The Morgan fingerprint density at radius 2 is 1.83 bits per heavy atom. The van der Waals surface area contributed by atoms with Crippen LogP contribution in [0, 0.1) is 6.92 Å². The molecule has 0 aromatic heterocycles. The maximum atomic E-state index is 13.0. The van der Waals surface area contributed by atoms with Crippen LogP contribution in [0.1, 0.15) is 52.0 Å². The molecule has 0 radical (unpaired) electrons. The lowest BCUT2D eigenvalue weighted by molar-refractivity contribution is 0.0858. The molecule has 158 valence electrons. The lowest BCUT2D eigenvalue weighted by Crippen LogP contribution is -2.33. The Hall–Kier alpha value is -2.86. The van der Waals surface area contributed by atoms with E-state index in [1.54, 1.807) is 12.1 Å². The Kier molecular flexibility index (Phi) is 6.33. The van der Waals surface area contributed by atoms with Gasteiger partial charge in [-0.15, -0.1) is 0 Å². The van der Waals surface area contributed by atoms with Crippen molar-refractivity contribution in [3.63, 3.8) is 0 Å². The molecule has 2 aliphatic rings. The van der Waals surface area contributed by atoms with Crippen molar-refractivity contribution in [3.8, 4) is 0 Å². The average molecular weight is 408 g/mol. The Labute approximate surface area is 177 Å². The molecule has 0 aliphatic carbocycles. The van der Waals surface area contributed by atoms with Crippen molar-refractivity contribution < 1.29 is 14.3 Å². The number of aryl methyl sites for hydroxylation is 1. The molecule has 0 unspecified atom stereocenters. The van der Waals surface area contributed by atoms with Gasteiger partial charge in [-0.3, -0.25) is 9.59 Å². The summed E-state index contributed by atoms with van der Waals surface area (Å²) in [6.45, 7) is 5.08. The summed E-state index contributed by atoms with van der Waals surface area (Å²) in [4.78, 5) is 28.0. The fraction of sp³-hybridized carbons (Fsp3) is 0.417. The van der Waals surface area contributed by atoms with Crippen LogP contribution in [0.4, 0.5) is 11.4 Å². The summed E-state index contributed by atoms with van der Waals surface area (Å²) in [6, 6.07) is 13.1. The van der Waals surface area contributed by atoms with Crippen LogP contribution in [-0.4, -0.2) is 44.2 Å². The molecule has 2 amide bonds. The van der Waals surface area contributed by atoms with Gasteiger partial charge >= 0.3 is 0 Å². The van der Waals surface area contributed by atoms with E-state index in [1.807, 2.05) is 37.3 Å². The van der Waals surface area contributed by atoms with Gasteiger partial charge in [-0.1, -0.05) is 18.2 Å². The number of hydrogen-bond donors (Lipinski definition) is 2. The molecule has 6 heteroatoms. The summed E-state index contributed by atoms with van der Waals surface area (Å²) in [5.41, 5.74) is 3.68. The van der Waals surface area contributed by atoms with E-state index in [4.69, 9.17) is 4.74 Å². The maximum Gasteiger partial charge on any atom is 0.255 e. The molecular weight excluding hydrogens is 378 g/mol. The van der Waals surface area contributed by atoms with Gasteiger partial charge in [0, 0.05) is 43.2 Å². The third-order valence-corrected chi connectivity index (χ3v) is 5.85. The maximum absolute atomic E-state index is 13.0. The second kappa shape index (κ2) is 9.30. The quantitative estimate of drug-likeness (QED) is 0.765. The summed E-state index contributed by atoms with van der Waals surface area (Å²) < 4.78 is 5.62. The average Bonchev–Trinajstić information content (AvgIpc) is 3.46. The number of amides is 2. The zero-order chi connectivity index (χ0) is 20.9. The van der Waals surface area contributed by atoms with Crippen LogP contribution in [-0.2, 0) is 4.74 Å². The Balaban J connectivity index is 1.54. The molecule has 6 nitrogen and oxygen atoms in total. The van der Waals surface area contributed by atoms with Crippen molar-refractivity contribution >= 4 is 23.2 Å². The number of benzene rings is 2. The molecule has 0 saturated carbocycles. The first kappa shape index (κ1) is 20.4. The largest absolute Gasteiger partial charge is 0.376 e. The van der Waals surface area contributed by atoms with Crippen LogP contribution in [0.3, 0.4) is 0 Å². The van der Waals surface area contributed by atoms with Crippen LogP contribution in [0.25, 0.3) is 0 Å². The van der Waals surface area contributed by atoms with E-state index < -0.39 is 0 Å². The molecule has 4 rings (SSSR count). The SMILES string of the molecule is Cc1ccccc1C(=O)Nc1ccc(N2CCCC2)c(C(=O)NC[C@H]2CCCO2)c1. The number of carbonyl (C=O) groups excluding carboxylic acids is 2. The Morgan fingerprint density at radius 3 is 2.57 bits per heavy atom. The van der Waals surface area contributed by atoms with Gasteiger partial charge in [0.2, 0.25) is 0 Å². The van der Waals surface area contributed by atoms with Gasteiger partial charge in [-0.2, -0.15) is 0 Å². The summed E-state index contributed by atoms with van der Waals surface area (Å²) in [7, 11) is 0. The molecule has 0 bridgehead atoms. The highest BCUT2D eigenvalue weighted by molar-refractivity contribution is 6.07. The number of nitrogens with zero attached hydrogens (tertiary/aromatic N) is 1. The van der Waals surface area contributed by atoms with Gasteiger partial charge in [0.1, 0.15) is 0 Å². The van der Waals surface area contributed by atoms with E-state index in [2.05, 4.69) is 15.5 Å². The lowest BCUT2D eigenvalue weighted by Gasteiger charge is -2.22. The second-order valence-corrected chi connectivity index (χ2v) is 8.04. The fourth-order valence-corrected chi connectivity index (χ4v) is 4.16. The first-order chi connectivity index (χ1) is 14.6. The predicted molar refractivity (Wildman–Crippen MR) is 118 cm³/mol. The minimum atomic E-state index is -0.173. The van der Waals surface area contributed by atoms with E-state index in [-0.39, 0.29) is 17.9 Å². The van der Waals surface area contributed by atoms with Gasteiger partial charge in [0.15, 0.2) is 0 Å². The summed E-state index contributed by atoms with van der Waals surface area (Å²) in [5, 5.41) is 5.97. The standard InChI is InChI=1S/C24H29N3O3/c1-17-7-2-3-9-20(17)24(29)26-18-10-11-22(27-12-4-5-13-27)21(15-18)23(28)25-16-19-8-6-14-30-19/h2-3,7,9-11,15,19H,4-6,8,12-14,16H2,1H3,(H,25,28)(H,26,29)/t19-/m1/s1. The third-order valence-electron chi connectivity index (χ3n) is 5.85. The minimum Gasteiger partial charge on any atom is -0.376 e. The van der Waals surface area contributed by atoms with Crippen molar-refractivity contribution in [3.05, 3.63) is 59.2 Å². The second-order valence-electron chi connectivity index (χ2n) is 8.04. The van der Waals surface area contributed by atoms with E-state index in [1.165, 1.54) is 0 Å². The van der Waals surface area contributed by atoms with Gasteiger partial charge in [-0.25, -0.2) is 0 Å². The van der Waals surface area contributed by atoms with Crippen molar-refractivity contribution in [1.82, 2.24) is 5.32 Å². The molecule has 2 heterocycles. The zero-order valence-corrected chi connectivity index (χ0v) is 17.4. The van der Waals surface area contributed by atoms with Crippen LogP contribution >= 0.6 is 0 Å². The highest BCUT2D eigenvalue weighted by Crippen LogP contribution is 2.28. The highest BCUT2D eigenvalue weighted by Gasteiger charge is 2.22. The van der Waals surface area contributed by atoms with Crippen LogP contribution in [0.2, 0.25) is 0 Å². The number of rotatable bonds is 6. The minimum absolute atomic E-state index is 0.0909. The molecule has 30 heavy (non-hydrogen) atoms. The van der Waals surface area contributed by atoms with Gasteiger partial charge in [-0.05, 0) is 62.4 Å². The molecule has 2 fully saturated rings. The number of hydrogen-bond acceptors (Lipinski definition) is 4. The van der Waals surface area contributed by atoms with Crippen molar-refractivity contribution in [2.45, 2.75) is 38.7 Å². The highest BCUT2D eigenvalue weighted by atomic mass is 16.5. The summed E-state index contributed by atoms with van der Waals surface area (Å²) in [5.74, 6) is -0.299. The number of carbonyl (C=O) groups is 2. The summed E-state index contributed by atoms with van der Waals surface area (Å²) in [6.07, 6.45) is 4.37. The molecule has 2 aromatic rings. The number of ether oxygens (including phenoxy) is 1. The fourth-order valence-electron chi connectivity index (χ4n) is 4.16. The van der Waals surface area contributed by atoms with Gasteiger partial charge in [0.25, 0.3) is 11.8 Å². The van der Waals surface area contributed by atoms with Gasteiger partial charge in [0.05, 0.1) is 11.7 Å². The lowest BCUT2D eigenvalue weighted by atomic mass is 10.1. The first-order valence-electron chi connectivity index (χ1n) is 10.8. The van der Waals surface area contributed by atoms with E-state index >= 15 is 0 Å². The first-order valence-corrected chi connectivity index (χ1v) is 10.8. The third kappa shape index (κ3) is 4.65. The number of anilines is 2.